The normalized spacial score (nSPS) is 19.2. The molecule has 116 valence electrons. The van der Waals surface area contributed by atoms with E-state index in [1.165, 1.54) is 17.5 Å². The van der Waals surface area contributed by atoms with E-state index in [4.69, 9.17) is 4.74 Å². The minimum Gasteiger partial charge on any atom is -0.376 e. The molecule has 0 bridgehead atoms. The molecule has 2 aromatic rings. The van der Waals surface area contributed by atoms with E-state index in [1.54, 1.807) is 0 Å². The van der Waals surface area contributed by atoms with Crippen LogP contribution in [0.4, 0.5) is 0 Å². The van der Waals surface area contributed by atoms with Crippen LogP contribution in [0.2, 0.25) is 0 Å². The lowest BCUT2D eigenvalue weighted by Crippen LogP contribution is -2.41. The molecule has 2 heterocycles. The maximum Gasteiger partial charge on any atom is 0.0702 e. The minimum absolute atomic E-state index is 0.370. The van der Waals surface area contributed by atoms with Gasteiger partial charge in [0, 0.05) is 32.0 Å². The summed E-state index contributed by atoms with van der Waals surface area (Å²) >= 11 is 0. The molecule has 3 nitrogen and oxygen atoms in total. The van der Waals surface area contributed by atoms with Crippen molar-refractivity contribution in [3.63, 3.8) is 0 Å². The Bertz CT molecular complexity index is 544. The van der Waals surface area contributed by atoms with E-state index in [9.17, 15) is 0 Å². The number of nitrogens with zero attached hydrogens (tertiary/aromatic N) is 2. The van der Waals surface area contributed by atoms with Crippen LogP contribution in [0.1, 0.15) is 24.0 Å². The van der Waals surface area contributed by atoms with Gasteiger partial charge in [-0.05, 0) is 36.5 Å². The average molecular weight is 296 g/mol. The van der Waals surface area contributed by atoms with Gasteiger partial charge in [0.25, 0.3) is 0 Å². The van der Waals surface area contributed by atoms with Gasteiger partial charge >= 0.3 is 0 Å². The predicted molar refractivity (Wildman–Crippen MR) is 88.6 cm³/mol. The van der Waals surface area contributed by atoms with Gasteiger partial charge in [0.2, 0.25) is 0 Å². The maximum absolute atomic E-state index is 5.93. The van der Waals surface area contributed by atoms with E-state index in [2.05, 4.69) is 46.3 Å². The lowest BCUT2D eigenvalue weighted by Gasteiger charge is -2.33. The summed E-state index contributed by atoms with van der Waals surface area (Å²) in [7, 11) is 0. The second-order valence-electron chi connectivity index (χ2n) is 5.97. The lowest BCUT2D eigenvalue weighted by atomic mass is 10.0. The Hall–Kier alpha value is -1.71. The molecule has 0 saturated carbocycles. The fourth-order valence-corrected chi connectivity index (χ4v) is 3.03. The minimum atomic E-state index is 0.370. The monoisotopic (exact) mass is 296 g/mol. The average Bonchev–Trinajstić information content (AvgIpc) is 2.57. The maximum atomic E-state index is 5.93. The van der Waals surface area contributed by atoms with Crippen LogP contribution < -0.4 is 0 Å². The van der Waals surface area contributed by atoms with Crippen LogP contribution in [0.3, 0.4) is 0 Å². The summed E-state index contributed by atoms with van der Waals surface area (Å²) in [5.74, 6) is 0. The van der Waals surface area contributed by atoms with E-state index in [-0.39, 0.29) is 0 Å². The highest BCUT2D eigenvalue weighted by atomic mass is 16.5. The Morgan fingerprint density at radius 2 is 1.95 bits per heavy atom. The summed E-state index contributed by atoms with van der Waals surface area (Å²) in [6.07, 6.45) is 7.63. The first-order valence-corrected chi connectivity index (χ1v) is 8.17. The fourth-order valence-electron chi connectivity index (χ4n) is 3.03. The predicted octanol–water partition coefficient (Wildman–Crippen LogP) is 3.31. The van der Waals surface area contributed by atoms with Gasteiger partial charge in [0.05, 0.1) is 12.7 Å². The lowest BCUT2D eigenvalue weighted by molar-refractivity contribution is -0.0355. The van der Waals surface area contributed by atoms with Crippen molar-refractivity contribution < 1.29 is 4.74 Å². The Morgan fingerprint density at radius 3 is 2.77 bits per heavy atom. The number of hydrogen-bond acceptors (Lipinski definition) is 3. The third-order valence-corrected chi connectivity index (χ3v) is 4.19. The van der Waals surface area contributed by atoms with Gasteiger partial charge in [-0.1, -0.05) is 36.4 Å². The molecule has 1 aromatic carbocycles. The first kappa shape index (κ1) is 15.2. The quantitative estimate of drug-likeness (QED) is 0.818. The van der Waals surface area contributed by atoms with Crippen molar-refractivity contribution in [2.75, 3.05) is 19.7 Å². The molecule has 0 aliphatic carbocycles. The van der Waals surface area contributed by atoms with Crippen molar-refractivity contribution in [3.05, 3.63) is 66.0 Å². The SMILES string of the molecule is c1ccc(CCC[C@@H]2CN(Cc3cccnc3)CCO2)cc1. The zero-order valence-electron chi connectivity index (χ0n) is 13.0. The molecule has 3 rings (SSSR count). The molecule has 0 unspecified atom stereocenters. The first-order valence-electron chi connectivity index (χ1n) is 8.17. The van der Waals surface area contributed by atoms with Gasteiger partial charge in [-0.3, -0.25) is 9.88 Å². The van der Waals surface area contributed by atoms with E-state index in [1.807, 2.05) is 18.5 Å². The number of ether oxygens (including phenoxy) is 1. The molecule has 0 spiro atoms. The molecule has 0 N–H and O–H groups in total. The smallest absolute Gasteiger partial charge is 0.0702 e. The highest BCUT2D eigenvalue weighted by molar-refractivity contribution is 5.14. The highest BCUT2D eigenvalue weighted by Crippen LogP contribution is 2.15. The van der Waals surface area contributed by atoms with Crippen molar-refractivity contribution in [1.29, 1.82) is 0 Å². The van der Waals surface area contributed by atoms with E-state index < -0.39 is 0 Å². The van der Waals surface area contributed by atoms with Crippen molar-refractivity contribution >= 4 is 0 Å². The molecule has 1 aliphatic heterocycles. The van der Waals surface area contributed by atoms with Crippen molar-refractivity contribution in [1.82, 2.24) is 9.88 Å². The van der Waals surface area contributed by atoms with Gasteiger partial charge in [-0.15, -0.1) is 0 Å². The van der Waals surface area contributed by atoms with Crippen LogP contribution in [-0.4, -0.2) is 35.7 Å². The third-order valence-electron chi connectivity index (χ3n) is 4.19. The summed E-state index contributed by atoms with van der Waals surface area (Å²) < 4.78 is 5.93. The number of aromatic nitrogens is 1. The molecule has 0 amide bonds. The molecule has 1 atom stereocenters. The van der Waals surface area contributed by atoms with Gasteiger partial charge in [-0.25, -0.2) is 0 Å². The number of hydrogen-bond donors (Lipinski definition) is 0. The number of aryl methyl sites for hydroxylation is 1. The molecule has 1 aromatic heterocycles. The highest BCUT2D eigenvalue weighted by Gasteiger charge is 2.20. The van der Waals surface area contributed by atoms with Crippen LogP contribution in [0, 0.1) is 0 Å². The van der Waals surface area contributed by atoms with Crippen LogP contribution in [0.25, 0.3) is 0 Å². The van der Waals surface area contributed by atoms with E-state index in [0.29, 0.717) is 6.10 Å². The Kier molecular flexibility index (Phi) is 5.57. The zero-order chi connectivity index (χ0) is 15.0. The summed E-state index contributed by atoms with van der Waals surface area (Å²) in [4.78, 5) is 6.67. The fraction of sp³-hybridized carbons (Fsp3) is 0.421. The molecular formula is C19H24N2O. The molecule has 1 aliphatic rings. The molecule has 1 fully saturated rings. The summed E-state index contributed by atoms with van der Waals surface area (Å²) in [5.41, 5.74) is 2.71. The van der Waals surface area contributed by atoms with Crippen LogP contribution in [-0.2, 0) is 17.7 Å². The summed E-state index contributed by atoms with van der Waals surface area (Å²) in [5, 5.41) is 0. The Balaban J connectivity index is 1.42. The van der Waals surface area contributed by atoms with E-state index >= 15 is 0 Å². The van der Waals surface area contributed by atoms with Crippen molar-refractivity contribution in [2.24, 2.45) is 0 Å². The van der Waals surface area contributed by atoms with Crippen molar-refractivity contribution in [3.8, 4) is 0 Å². The third kappa shape index (κ3) is 4.65. The van der Waals surface area contributed by atoms with Crippen LogP contribution >= 0.6 is 0 Å². The molecular weight excluding hydrogens is 272 g/mol. The molecule has 1 saturated heterocycles. The molecule has 22 heavy (non-hydrogen) atoms. The second kappa shape index (κ2) is 8.06. The Labute approximate surface area is 132 Å². The standard InChI is InChI=1S/C19H24N2O/c1-2-6-17(7-3-1)8-4-10-19-16-21(12-13-22-19)15-18-9-5-11-20-14-18/h1-3,5-7,9,11,14,19H,4,8,10,12-13,15-16H2/t19-/m1/s1. The Morgan fingerprint density at radius 1 is 1.09 bits per heavy atom. The summed E-state index contributed by atoms with van der Waals surface area (Å²) in [6.45, 7) is 3.87. The topological polar surface area (TPSA) is 25.4 Å². The number of rotatable bonds is 6. The number of morpholine rings is 1. The second-order valence-corrected chi connectivity index (χ2v) is 5.97. The zero-order valence-corrected chi connectivity index (χ0v) is 13.0. The van der Waals surface area contributed by atoms with Crippen LogP contribution in [0.15, 0.2) is 54.9 Å². The first-order chi connectivity index (χ1) is 10.9. The van der Waals surface area contributed by atoms with E-state index in [0.717, 1.165) is 39.1 Å². The largest absolute Gasteiger partial charge is 0.376 e. The molecule has 0 radical (unpaired) electrons. The number of benzene rings is 1. The number of pyridine rings is 1. The van der Waals surface area contributed by atoms with Crippen LogP contribution in [0.5, 0.6) is 0 Å². The van der Waals surface area contributed by atoms with Gasteiger partial charge in [-0.2, -0.15) is 0 Å². The van der Waals surface area contributed by atoms with Gasteiger partial charge < -0.3 is 4.74 Å². The molecule has 3 heteroatoms. The van der Waals surface area contributed by atoms with Crippen molar-refractivity contribution in [2.45, 2.75) is 31.9 Å². The van der Waals surface area contributed by atoms with Gasteiger partial charge in [0.15, 0.2) is 0 Å². The summed E-state index contributed by atoms with van der Waals surface area (Å²) in [6, 6.07) is 14.9. The van der Waals surface area contributed by atoms with Gasteiger partial charge in [0.1, 0.15) is 0 Å².